The minimum atomic E-state index is -0.0156. The lowest BCUT2D eigenvalue weighted by Crippen LogP contribution is -2.51. The third-order valence-corrected chi connectivity index (χ3v) is 3.71. The first-order valence-electron chi connectivity index (χ1n) is 6.86. The van der Waals surface area contributed by atoms with Crippen LogP contribution in [0, 0.1) is 0 Å². The van der Waals surface area contributed by atoms with Crippen LogP contribution in [0.4, 0.5) is 0 Å². The number of benzene rings is 1. The van der Waals surface area contributed by atoms with Crippen LogP contribution < -0.4 is 5.32 Å². The molecule has 1 atom stereocenters. The number of nitrogens with one attached hydrogen (secondary N) is 1. The first-order valence-corrected chi connectivity index (χ1v) is 7.24. The van der Waals surface area contributed by atoms with Crippen molar-refractivity contribution in [3.8, 4) is 0 Å². The zero-order chi connectivity index (χ0) is 14.5. The van der Waals surface area contributed by atoms with Crippen LogP contribution in [-0.4, -0.2) is 42.3 Å². The summed E-state index contributed by atoms with van der Waals surface area (Å²) in [6, 6.07) is 7.09. The van der Waals surface area contributed by atoms with Gasteiger partial charge in [-0.05, 0) is 31.2 Å². The van der Waals surface area contributed by atoms with E-state index in [-0.39, 0.29) is 24.5 Å². The highest BCUT2D eigenvalue weighted by molar-refractivity contribution is 6.30. The number of nitrogens with zero attached hydrogens (tertiary/aromatic N) is 1. The van der Waals surface area contributed by atoms with Crippen molar-refractivity contribution in [3.63, 3.8) is 0 Å². The van der Waals surface area contributed by atoms with E-state index in [1.807, 2.05) is 4.90 Å². The minimum absolute atomic E-state index is 0.0156. The number of halogens is 1. The number of ketones is 1. The molecule has 0 radical (unpaired) electrons. The van der Waals surface area contributed by atoms with Crippen LogP contribution in [0.2, 0.25) is 5.02 Å². The Labute approximate surface area is 124 Å². The summed E-state index contributed by atoms with van der Waals surface area (Å²) in [5, 5.41) is 3.89. The van der Waals surface area contributed by atoms with Crippen molar-refractivity contribution in [1.29, 1.82) is 0 Å². The second kappa shape index (κ2) is 6.86. The van der Waals surface area contributed by atoms with Crippen LogP contribution in [0.25, 0.3) is 0 Å². The van der Waals surface area contributed by atoms with Gasteiger partial charge in [-0.15, -0.1) is 0 Å². The number of Topliss-reactive ketones (excluding diaryl/α,β-unsaturated/α-hetero) is 1. The Bertz CT molecular complexity index is 487. The maximum atomic E-state index is 12.1. The number of piperazine rings is 1. The maximum Gasteiger partial charge on any atom is 0.223 e. The molecule has 0 aliphatic carbocycles. The fourth-order valence-electron chi connectivity index (χ4n) is 2.32. The Hall–Kier alpha value is -1.39. The average Bonchev–Trinajstić information content (AvgIpc) is 2.45. The molecule has 1 aliphatic heterocycles. The SMILES string of the molecule is CC1CN(C(=O)CCC(=O)c2ccc(Cl)cc2)CCN1. The first kappa shape index (κ1) is 15.0. The van der Waals surface area contributed by atoms with Crippen LogP contribution in [0.3, 0.4) is 0 Å². The van der Waals surface area contributed by atoms with Gasteiger partial charge in [0.1, 0.15) is 0 Å². The minimum Gasteiger partial charge on any atom is -0.340 e. The van der Waals surface area contributed by atoms with Gasteiger partial charge in [-0.3, -0.25) is 9.59 Å². The molecule has 1 aliphatic rings. The van der Waals surface area contributed by atoms with E-state index in [4.69, 9.17) is 11.6 Å². The first-order chi connectivity index (χ1) is 9.56. The Kier molecular flexibility index (Phi) is 5.15. The summed E-state index contributed by atoms with van der Waals surface area (Å²) in [5.41, 5.74) is 0.607. The molecule has 0 spiro atoms. The van der Waals surface area contributed by atoms with Gasteiger partial charge in [0.05, 0.1) is 0 Å². The highest BCUT2D eigenvalue weighted by Crippen LogP contribution is 2.12. The van der Waals surface area contributed by atoms with Crippen molar-refractivity contribution >= 4 is 23.3 Å². The molecule has 1 saturated heterocycles. The molecule has 0 saturated carbocycles. The number of carbonyl (C=O) groups excluding carboxylic acids is 2. The Morgan fingerprint density at radius 3 is 2.65 bits per heavy atom. The monoisotopic (exact) mass is 294 g/mol. The smallest absolute Gasteiger partial charge is 0.223 e. The molecule has 0 aromatic heterocycles. The summed E-state index contributed by atoms with van der Waals surface area (Å²) in [4.78, 5) is 25.9. The van der Waals surface area contributed by atoms with E-state index in [1.165, 1.54) is 0 Å². The van der Waals surface area contributed by atoms with E-state index >= 15 is 0 Å². The van der Waals surface area contributed by atoms with E-state index in [1.54, 1.807) is 24.3 Å². The van der Waals surface area contributed by atoms with Crippen LogP contribution >= 0.6 is 11.6 Å². The zero-order valence-electron chi connectivity index (χ0n) is 11.6. The van der Waals surface area contributed by atoms with Crippen LogP contribution in [0.15, 0.2) is 24.3 Å². The molecule has 2 rings (SSSR count). The van der Waals surface area contributed by atoms with E-state index in [2.05, 4.69) is 12.2 Å². The Balaban J connectivity index is 1.83. The largest absolute Gasteiger partial charge is 0.340 e. The standard InChI is InChI=1S/C15H19ClN2O2/c1-11-10-18(9-8-17-11)15(20)7-6-14(19)12-2-4-13(16)5-3-12/h2-5,11,17H,6-10H2,1H3. The van der Waals surface area contributed by atoms with E-state index < -0.39 is 0 Å². The molecule has 1 amide bonds. The van der Waals surface area contributed by atoms with Gasteiger partial charge < -0.3 is 10.2 Å². The molecular weight excluding hydrogens is 276 g/mol. The molecule has 0 bridgehead atoms. The number of rotatable bonds is 4. The molecule has 1 aromatic rings. The van der Waals surface area contributed by atoms with Crippen molar-refractivity contribution in [2.45, 2.75) is 25.8 Å². The Morgan fingerprint density at radius 2 is 2.00 bits per heavy atom. The predicted octanol–water partition coefficient (Wildman–Crippen LogP) is 2.12. The zero-order valence-corrected chi connectivity index (χ0v) is 12.3. The van der Waals surface area contributed by atoms with Gasteiger partial charge >= 0.3 is 0 Å². The van der Waals surface area contributed by atoms with Gasteiger partial charge in [0.15, 0.2) is 5.78 Å². The van der Waals surface area contributed by atoms with Crippen molar-refractivity contribution in [3.05, 3.63) is 34.9 Å². The average molecular weight is 295 g/mol. The van der Waals surface area contributed by atoms with Gasteiger partial charge in [-0.2, -0.15) is 0 Å². The summed E-state index contributed by atoms with van der Waals surface area (Å²) in [6.07, 6.45) is 0.521. The molecule has 4 nitrogen and oxygen atoms in total. The summed E-state index contributed by atoms with van der Waals surface area (Å²) in [7, 11) is 0. The summed E-state index contributed by atoms with van der Waals surface area (Å²) in [5.74, 6) is 0.0406. The van der Waals surface area contributed by atoms with Gasteiger partial charge in [0, 0.05) is 49.1 Å². The normalized spacial score (nSPS) is 18.9. The van der Waals surface area contributed by atoms with Crippen molar-refractivity contribution < 1.29 is 9.59 Å². The molecule has 1 unspecified atom stereocenters. The third kappa shape index (κ3) is 4.05. The third-order valence-electron chi connectivity index (χ3n) is 3.45. The lowest BCUT2D eigenvalue weighted by molar-refractivity contribution is -0.132. The highest BCUT2D eigenvalue weighted by Gasteiger charge is 2.20. The van der Waals surface area contributed by atoms with E-state index in [9.17, 15) is 9.59 Å². The van der Waals surface area contributed by atoms with E-state index in [0.29, 0.717) is 23.2 Å². The topological polar surface area (TPSA) is 49.4 Å². The fourth-order valence-corrected chi connectivity index (χ4v) is 2.44. The fraction of sp³-hybridized carbons (Fsp3) is 0.467. The maximum absolute atomic E-state index is 12.1. The number of hydrogen-bond acceptors (Lipinski definition) is 3. The highest BCUT2D eigenvalue weighted by atomic mass is 35.5. The molecule has 1 heterocycles. The van der Waals surface area contributed by atoms with Crippen molar-refractivity contribution in [2.24, 2.45) is 0 Å². The van der Waals surface area contributed by atoms with Gasteiger partial charge in [-0.1, -0.05) is 11.6 Å². The molecule has 1 N–H and O–H groups in total. The number of amides is 1. The van der Waals surface area contributed by atoms with Gasteiger partial charge in [0.2, 0.25) is 5.91 Å². The molecule has 108 valence electrons. The summed E-state index contributed by atoms with van der Waals surface area (Å²) in [6.45, 7) is 4.31. The van der Waals surface area contributed by atoms with Crippen LogP contribution in [0.1, 0.15) is 30.1 Å². The van der Waals surface area contributed by atoms with Gasteiger partial charge in [-0.25, -0.2) is 0 Å². The summed E-state index contributed by atoms with van der Waals surface area (Å²) >= 11 is 5.78. The van der Waals surface area contributed by atoms with Gasteiger partial charge in [0.25, 0.3) is 0 Å². The molecule has 1 fully saturated rings. The molecule has 5 heteroatoms. The Morgan fingerprint density at radius 1 is 1.30 bits per heavy atom. The predicted molar refractivity (Wildman–Crippen MR) is 79.1 cm³/mol. The van der Waals surface area contributed by atoms with E-state index in [0.717, 1.165) is 13.1 Å². The number of hydrogen-bond donors (Lipinski definition) is 1. The quantitative estimate of drug-likeness (QED) is 0.866. The summed E-state index contributed by atoms with van der Waals surface area (Å²) < 4.78 is 0. The second-order valence-corrected chi connectivity index (χ2v) is 5.56. The van der Waals surface area contributed by atoms with Crippen LogP contribution in [0.5, 0.6) is 0 Å². The molecular formula is C15H19ClN2O2. The lowest BCUT2D eigenvalue weighted by atomic mass is 10.1. The number of carbonyl (C=O) groups is 2. The van der Waals surface area contributed by atoms with Crippen LogP contribution in [-0.2, 0) is 4.79 Å². The second-order valence-electron chi connectivity index (χ2n) is 5.12. The molecule has 1 aromatic carbocycles. The molecule has 20 heavy (non-hydrogen) atoms. The van der Waals surface area contributed by atoms with Crippen molar-refractivity contribution in [1.82, 2.24) is 10.2 Å². The van der Waals surface area contributed by atoms with Crippen molar-refractivity contribution in [2.75, 3.05) is 19.6 Å². The lowest BCUT2D eigenvalue weighted by Gasteiger charge is -2.31.